The fourth-order valence-corrected chi connectivity index (χ4v) is 3.05. The lowest BCUT2D eigenvalue weighted by Gasteiger charge is -2.40. The molecule has 0 aliphatic carbocycles. The fraction of sp³-hybridized carbons (Fsp3) is 0.278. The first-order chi connectivity index (χ1) is 13.9. The predicted octanol–water partition coefficient (Wildman–Crippen LogP) is 3.96. The lowest BCUT2D eigenvalue weighted by atomic mass is 9.85. The van der Waals surface area contributed by atoms with Gasteiger partial charge in [-0.1, -0.05) is 11.6 Å². The highest BCUT2D eigenvalue weighted by atomic mass is 35.5. The third kappa shape index (κ3) is 4.16. The van der Waals surface area contributed by atoms with Crippen molar-refractivity contribution in [1.29, 1.82) is 0 Å². The maximum Gasteiger partial charge on any atom is 0.413 e. The van der Waals surface area contributed by atoms with E-state index in [4.69, 9.17) is 22.1 Å². The molecule has 1 amide bonds. The van der Waals surface area contributed by atoms with Gasteiger partial charge in [-0.25, -0.2) is 18.8 Å². The van der Waals surface area contributed by atoms with E-state index in [2.05, 4.69) is 15.3 Å². The maximum absolute atomic E-state index is 14.8. The van der Waals surface area contributed by atoms with Crippen LogP contribution in [0.4, 0.5) is 27.6 Å². The molecule has 12 heteroatoms. The molecule has 0 spiro atoms. The summed E-state index contributed by atoms with van der Waals surface area (Å²) in [5, 5.41) is 2.69. The molecule has 0 fully saturated rings. The van der Waals surface area contributed by atoms with Gasteiger partial charge in [0.25, 0.3) is 11.9 Å². The summed E-state index contributed by atoms with van der Waals surface area (Å²) < 4.78 is 73.8. The summed E-state index contributed by atoms with van der Waals surface area (Å²) in [6.45, 7) is 0.919. The van der Waals surface area contributed by atoms with Crippen LogP contribution in [-0.4, -0.2) is 35.3 Å². The van der Waals surface area contributed by atoms with E-state index < -0.39 is 47.3 Å². The molecule has 30 heavy (non-hydrogen) atoms. The van der Waals surface area contributed by atoms with Gasteiger partial charge in [0, 0.05) is 17.4 Å². The number of nitrogens with two attached hydrogens (primary N) is 1. The second kappa shape index (κ2) is 7.71. The van der Waals surface area contributed by atoms with Crippen LogP contribution in [0.25, 0.3) is 0 Å². The maximum atomic E-state index is 14.8. The Morgan fingerprint density at radius 2 is 2.00 bits per heavy atom. The molecule has 2 aromatic rings. The zero-order chi connectivity index (χ0) is 22.3. The van der Waals surface area contributed by atoms with E-state index in [1.165, 1.54) is 18.3 Å². The third-order valence-corrected chi connectivity index (χ3v) is 4.66. The Hall–Kier alpha value is -2.95. The van der Waals surface area contributed by atoms with Crippen LogP contribution < -0.4 is 11.1 Å². The molecule has 1 aliphatic heterocycles. The van der Waals surface area contributed by atoms with Gasteiger partial charge in [-0.05, 0) is 37.3 Å². The summed E-state index contributed by atoms with van der Waals surface area (Å²) >= 11 is 5.70. The van der Waals surface area contributed by atoms with E-state index in [0.29, 0.717) is 5.02 Å². The number of hydrogen-bond acceptors (Lipinski definition) is 5. The van der Waals surface area contributed by atoms with E-state index in [1.54, 1.807) is 0 Å². The number of nitrogens with one attached hydrogen (secondary N) is 1. The number of carbonyl (C=O) groups is 1. The van der Waals surface area contributed by atoms with Crippen LogP contribution in [0, 0.1) is 5.82 Å². The number of halogens is 6. The number of ether oxygens (including phenoxy) is 1. The minimum atomic E-state index is -5.07. The number of hydrogen-bond donors (Lipinski definition) is 2. The molecular weight excluding hydrogens is 435 g/mol. The number of rotatable bonds is 3. The van der Waals surface area contributed by atoms with Crippen molar-refractivity contribution in [3.8, 4) is 0 Å². The lowest BCUT2D eigenvalue weighted by Crippen LogP contribution is -2.55. The van der Waals surface area contributed by atoms with E-state index in [9.17, 15) is 26.7 Å². The zero-order valence-corrected chi connectivity index (χ0v) is 15.9. The van der Waals surface area contributed by atoms with Crippen molar-refractivity contribution in [2.24, 2.45) is 10.7 Å². The van der Waals surface area contributed by atoms with E-state index in [1.807, 2.05) is 0 Å². The number of benzene rings is 1. The van der Waals surface area contributed by atoms with Crippen molar-refractivity contribution in [3.05, 3.63) is 58.6 Å². The van der Waals surface area contributed by atoms with Gasteiger partial charge in [0.2, 0.25) is 0 Å². The van der Waals surface area contributed by atoms with Crippen molar-refractivity contribution >= 4 is 29.2 Å². The molecule has 2 heterocycles. The normalized spacial score (nSPS) is 24.0. The molecule has 1 aliphatic rings. The number of amidine groups is 1. The Bertz CT molecular complexity index is 999. The lowest BCUT2D eigenvalue weighted by molar-refractivity contribution is -0.187. The Morgan fingerprint density at radius 1 is 1.30 bits per heavy atom. The third-order valence-electron chi connectivity index (χ3n) is 4.44. The number of pyridine rings is 1. The predicted molar refractivity (Wildman–Crippen MR) is 98.4 cm³/mol. The minimum Gasteiger partial charge on any atom is -0.451 e. The van der Waals surface area contributed by atoms with Crippen LogP contribution in [0.1, 0.15) is 23.0 Å². The fourth-order valence-electron chi connectivity index (χ4n) is 2.93. The standard InChI is InChI=1S/C18H14ClF5N4O2/c1-17(13(21)14(18(22,23)24)28-16(25)30-17)10-6-9(3-4-11(10)20)27-15(29)12-5-2-8(19)7-26-12/h2-7,13-14H,1H3,(H2,25,28)(H,27,29)/t13-,14-,17-/m1/s1. The molecule has 0 unspecified atom stereocenters. The highest BCUT2D eigenvalue weighted by Crippen LogP contribution is 2.43. The summed E-state index contributed by atoms with van der Waals surface area (Å²) in [7, 11) is 0. The number of aliphatic imine (C=N–C) groups is 1. The monoisotopic (exact) mass is 448 g/mol. The second-order valence-corrected chi connectivity index (χ2v) is 7.01. The number of nitrogens with zero attached hydrogens (tertiary/aromatic N) is 2. The molecule has 6 nitrogen and oxygen atoms in total. The van der Waals surface area contributed by atoms with Crippen LogP contribution in [0.2, 0.25) is 5.02 Å². The van der Waals surface area contributed by atoms with Crippen LogP contribution in [0.3, 0.4) is 0 Å². The molecule has 3 rings (SSSR count). The topological polar surface area (TPSA) is 89.6 Å². The minimum absolute atomic E-state index is 0.0257. The smallest absolute Gasteiger partial charge is 0.413 e. The molecule has 0 radical (unpaired) electrons. The van der Waals surface area contributed by atoms with Crippen LogP contribution in [0.15, 0.2) is 41.5 Å². The summed E-state index contributed by atoms with van der Waals surface area (Å²) in [6.07, 6.45) is -6.64. The second-order valence-electron chi connectivity index (χ2n) is 6.58. The van der Waals surface area contributed by atoms with Crippen LogP contribution in [0.5, 0.6) is 0 Å². The first-order valence-corrected chi connectivity index (χ1v) is 8.75. The number of anilines is 1. The van der Waals surface area contributed by atoms with Gasteiger partial charge in [0.05, 0.1) is 5.02 Å². The van der Waals surface area contributed by atoms with Gasteiger partial charge in [-0.3, -0.25) is 4.79 Å². The number of alkyl halides is 4. The first kappa shape index (κ1) is 21.8. The van der Waals surface area contributed by atoms with Gasteiger partial charge in [-0.15, -0.1) is 0 Å². The molecule has 1 aromatic heterocycles. The summed E-state index contributed by atoms with van der Waals surface area (Å²) in [4.78, 5) is 19.1. The van der Waals surface area contributed by atoms with Crippen molar-refractivity contribution in [2.45, 2.75) is 30.9 Å². The Labute approximate surface area is 171 Å². The van der Waals surface area contributed by atoms with E-state index in [-0.39, 0.29) is 11.4 Å². The summed E-state index contributed by atoms with van der Waals surface area (Å²) in [5.41, 5.74) is 2.22. The molecule has 3 atom stereocenters. The van der Waals surface area contributed by atoms with Crippen molar-refractivity contribution < 1.29 is 31.5 Å². The highest BCUT2D eigenvalue weighted by molar-refractivity contribution is 6.30. The Kier molecular flexibility index (Phi) is 5.59. The van der Waals surface area contributed by atoms with Gasteiger partial charge >= 0.3 is 6.18 Å². The highest BCUT2D eigenvalue weighted by Gasteiger charge is 2.58. The van der Waals surface area contributed by atoms with E-state index >= 15 is 0 Å². The van der Waals surface area contributed by atoms with E-state index in [0.717, 1.165) is 25.1 Å². The molecule has 160 valence electrons. The van der Waals surface area contributed by atoms with Crippen molar-refractivity contribution in [3.63, 3.8) is 0 Å². The first-order valence-electron chi connectivity index (χ1n) is 8.38. The number of amides is 1. The SMILES string of the molecule is C[C@]1(c2cc(NC(=O)c3ccc(Cl)cn3)ccc2F)OC(N)=N[C@@H](C(F)(F)F)[C@H]1F. The molecule has 0 saturated carbocycles. The van der Waals surface area contributed by atoms with Crippen molar-refractivity contribution in [2.75, 3.05) is 5.32 Å². The zero-order valence-electron chi connectivity index (χ0n) is 15.2. The molecule has 3 N–H and O–H groups in total. The molecule has 0 bridgehead atoms. The number of carbonyl (C=O) groups excluding carboxylic acids is 1. The molecule has 1 aromatic carbocycles. The average Bonchev–Trinajstić information content (AvgIpc) is 2.65. The van der Waals surface area contributed by atoms with Crippen molar-refractivity contribution in [1.82, 2.24) is 4.98 Å². The number of aromatic nitrogens is 1. The van der Waals surface area contributed by atoms with Gasteiger partial charge in [-0.2, -0.15) is 13.2 Å². The van der Waals surface area contributed by atoms with Crippen LogP contribution >= 0.6 is 11.6 Å². The van der Waals surface area contributed by atoms with Gasteiger partial charge in [0.1, 0.15) is 11.5 Å². The Balaban J connectivity index is 1.95. The summed E-state index contributed by atoms with van der Waals surface area (Å²) in [5.74, 6) is -1.76. The Morgan fingerprint density at radius 3 is 2.60 bits per heavy atom. The molecule has 0 saturated heterocycles. The van der Waals surface area contributed by atoms with Gasteiger partial charge in [0.15, 0.2) is 17.8 Å². The quantitative estimate of drug-likeness (QED) is 0.696. The molecular formula is C18H14ClF5N4O2. The largest absolute Gasteiger partial charge is 0.451 e. The average molecular weight is 449 g/mol. The summed E-state index contributed by atoms with van der Waals surface area (Å²) in [6, 6.07) is 1.93. The van der Waals surface area contributed by atoms with Crippen LogP contribution in [-0.2, 0) is 10.3 Å². The van der Waals surface area contributed by atoms with Gasteiger partial charge < -0.3 is 15.8 Å².